The molecule has 6 aliphatic rings. The zero-order chi connectivity index (χ0) is 21.5. The molecular weight excluding hydrogens is 382 g/mol. The first-order chi connectivity index (χ1) is 14.8. The number of rotatable bonds is 0. The molecule has 0 aromatic carbocycles. The Morgan fingerprint density at radius 1 is 1.16 bits per heavy atom. The number of hydrogen-bond acceptors (Lipinski definition) is 3. The van der Waals surface area contributed by atoms with E-state index in [2.05, 4.69) is 33.8 Å². The lowest BCUT2D eigenvalue weighted by Crippen LogP contribution is -2.41. The maximum Gasteiger partial charge on any atom is 0.0966 e. The van der Waals surface area contributed by atoms with Gasteiger partial charge in [-0.25, -0.2) is 0 Å². The van der Waals surface area contributed by atoms with Crippen molar-refractivity contribution in [3.8, 4) is 0 Å². The molecule has 2 heterocycles. The second-order valence-corrected chi connectivity index (χ2v) is 12.4. The number of fused-ring (bicyclic) bond motifs is 6. The first-order valence-electron chi connectivity index (χ1n) is 13.1. The van der Waals surface area contributed by atoms with Crippen LogP contribution in [0.5, 0.6) is 0 Å². The van der Waals surface area contributed by atoms with E-state index >= 15 is 0 Å². The molecule has 170 valence electrons. The molecule has 6 rings (SSSR count). The van der Waals surface area contributed by atoms with E-state index in [0.29, 0.717) is 17.3 Å². The molecule has 0 bridgehead atoms. The minimum atomic E-state index is -0.206. The molecular formula is C28H41NO2. The molecule has 9 atom stereocenters. The van der Waals surface area contributed by atoms with Gasteiger partial charge in [0, 0.05) is 18.2 Å². The topological polar surface area (TPSA) is 41.8 Å². The van der Waals surface area contributed by atoms with Crippen LogP contribution in [0.15, 0.2) is 27.8 Å². The Labute approximate surface area is 188 Å². The Bertz CT molecular complexity index is 870. The van der Waals surface area contributed by atoms with Gasteiger partial charge >= 0.3 is 0 Å². The fourth-order valence-electron chi connectivity index (χ4n) is 8.91. The van der Waals surface area contributed by atoms with Crippen LogP contribution >= 0.6 is 0 Å². The SMILES string of the molecule is CC1=C2C[C@H]3[C@@H](CCC4=C[C@@H](O)CC[C@@]43C)[C@@H]2CC[C@@]2(C1)O[C@@H]1CC(C)CN=C1[C@H]2C. The Morgan fingerprint density at radius 2 is 2.00 bits per heavy atom. The fraction of sp³-hybridized carbons (Fsp3) is 0.821. The maximum absolute atomic E-state index is 10.2. The van der Waals surface area contributed by atoms with E-state index in [1.807, 2.05) is 0 Å². The minimum absolute atomic E-state index is 0.0109. The molecule has 1 spiro atoms. The largest absolute Gasteiger partial charge is 0.389 e. The van der Waals surface area contributed by atoms with E-state index in [1.165, 1.54) is 44.2 Å². The summed E-state index contributed by atoms with van der Waals surface area (Å²) >= 11 is 0. The molecule has 1 N–H and O–H groups in total. The van der Waals surface area contributed by atoms with Gasteiger partial charge in [-0.1, -0.05) is 43.6 Å². The lowest BCUT2D eigenvalue weighted by Gasteiger charge is -2.49. The zero-order valence-corrected chi connectivity index (χ0v) is 20.0. The average molecular weight is 424 g/mol. The Hall–Kier alpha value is -0.930. The summed E-state index contributed by atoms with van der Waals surface area (Å²) < 4.78 is 6.94. The second kappa shape index (κ2) is 7.03. The summed E-state index contributed by atoms with van der Waals surface area (Å²) in [6.45, 7) is 10.7. The summed E-state index contributed by atoms with van der Waals surface area (Å²) in [6, 6.07) is 0. The average Bonchev–Trinajstić information content (AvgIpc) is 3.19. The highest BCUT2D eigenvalue weighted by atomic mass is 16.5. The van der Waals surface area contributed by atoms with Crippen LogP contribution in [0.4, 0.5) is 0 Å². The Kier molecular flexibility index (Phi) is 4.69. The molecule has 31 heavy (non-hydrogen) atoms. The van der Waals surface area contributed by atoms with Crippen molar-refractivity contribution >= 4 is 5.71 Å². The third-order valence-electron chi connectivity index (χ3n) is 10.7. The van der Waals surface area contributed by atoms with Crippen LogP contribution in [0.2, 0.25) is 0 Å². The van der Waals surface area contributed by atoms with Gasteiger partial charge in [0.2, 0.25) is 0 Å². The number of aliphatic hydroxyl groups excluding tert-OH is 1. The standard InChI is InChI=1S/C28H41NO2/c1-16-11-25-26(29-15-16)18(3)28(31-25)10-8-21-22-6-5-19-12-20(30)7-9-27(19,4)24(22)13-23(21)17(2)14-28/h12,16,18,20-22,24-25,30H,5-11,13-15H2,1-4H3/t16?,18-,20+,21+,22+,24+,25-,27+,28+/m1/s1. The van der Waals surface area contributed by atoms with Crippen LogP contribution in [0.25, 0.3) is 0 Å². The van der Waals surface area contributed by atoms with E-state index in [4.69, 9.17) is 9.73 Å². The van der Waals surface area contributed by atoms with Crippen molar-refractivity contribution in [2.24, 2.45) is 40.0 Å². The van der Waals surface area contributed by atoms with Gasteiger partial charge < -0.3 is 9.84 Å². The number of hydrogen-bond donors (Lipinski definition) is 1. The predicted molar refractivity (Wildman–Crippen MR) is 125 cm³/mol. The number of ether oxygens (including phenoxy) is 1. The molecule has 2 aliphatic heterocycles. The summed E-state index contributed by atoms with van der Waals surface area (Å²) in [5, 5.41) is 10.2. The summed E-state index contributed by atoms with van der Waals surface area (Å²) in [6.07, 6.45) is 13.0. The molecule has 3 heteroatoms. The van der Waals surface area contributed by atoms with Gasteiger partial charge in [0.25, 0.3) is 0 Å². The highest BCUT2D eigenvalue weighted by Gasteiger charge is 2.57. The van der Waals surface area contributed by atoms with Crippen LogP contribution in [-0.4, -0.2) is 35.2 Å². The normalized spacial score (nSPS) is 51.5. The van der Waals surface area contributed by atoms with Crippen LogP contribution in [0.1, 0.15) is 85.5 Å². The van der Waals surface area contributed by atoms with Crippen molar-refractivity contribution in [3.63, 3.8) is 0 Å². The number of aliphatic hydroxyl groups is 1. The highest BCUT2D eigenvalue weighted by molar-refractivity contribution is 5.94. The van der Waals surface area contributed by atoms with Crippen LogP contribution < -0.4 is 0 Å². The maximum atomic E-state index is 10.2. The number of aliphatic imine (C=N–C) groups is 1. The quantitative estimate of drug-likeness (QED) is 0.495. The molecule has 3 fully saturated rings. The van der Waals surface area contributed by atoms with Gasteiger partial charge in [-0.05, 0) is 93.8 Å². The van der Waals surface area contributed by atoms with Crippen molar-refractivity contribution in [1.82, 2.24) is 0 Å². The zero-order valence-electron chi connectivity index (χ0n) is 20.0. The second-order valence-electron chi connectivity index (χ2n) is 12.4. The summed E-state index contributed by atoms with van der Waals surface area (Å²) in [5.41, 5.74) is 6.69. The van der Waals surface area contributed by atoms with Crippen LogP contribution in [0, 0.1) is 35.0 Å². The molecule has 0 amide bonds. The van der Waals surface area contributed by atoms with Crippen LogP contribution in [-0.2, 0) is 4.74 Å². The lowest BCUT2D eigenvalue weighted by molar-refractivity contribution is -0.0675. The van der Waals surface area contributed by atoms with Crippen LogP contribution in [0.3, 0.4) is 0 Å². The van der Waals surface area contributed by atoms with Gasteiger partial charge in [0.15, 0.2) is 0 Å². The van der Waals surface area contributed by atoms with Crippen molar-refractivity contribution in [1.29, 1.82) is 0 Å². The number of allylic oxidation sites excluding steroid dienone is 2. The van der Waals surface area contributed by atoms with Crippen molar-refractivity contribution in [3.05, 3.63) is 22.8 Å². The van der Waals surface area contributed by atoms with Gasteiger partial charge in [-0.3, -0.25) is 4.99 Å². The molecule has 0 aromatic rings. The molecule has 0 radical (unpaired) electrons. The molecule has 4 aliphatic carbocycles. The van der Waals surface area contributed by atoms with Gasteiger partial charge in [-0.2, -0.15) is 0 Å². The summed E-state index contributed by atoms with van der Waals surface area (Å²) in [5.74, 6) is 3.48. The van der Waals surface area contributed by atoms with Gasteiger partial charge in [-0.15, -0.1) is 0 Å². The molecule has 1 unspecified atom stereocenters. The van der Waals surface area contributed by atoms with E-state index in [1.54, 1.807) is 16.7 Å². The predicted octanol–water partition coefficient (Wildman–Crippen LogP) is 5.87. The van der Waals surface area contributed by atoms with Crippen molar-refractivity contribution in [2.75, 3.05) is 6.54 Å². The fourth-order valence-corrected chi connectivity index (χ4v) is 8.91. The van der Waals surface area contributed by atoms with Gasteiger partial charge in [0.05, 0.1) is 17.8 Å². The molecule has 0 aromatic heterocycles. The van der Waals surface area contributed by atoms with Crippen molar-refractivity contribution < 1.29 is 9.84 Å². The van der Waals surface area contributed by atoms with Crippen molar-refractivity contribution in [2.45, 2.75) is 103 Å². The third-order valence-corrected chi connectivity index (χ3v) is 10.7. The van der Waals surface area contributed by atoms with Gasteiger partial charge in [0.1, 0.15) is 0 Å². The van der Waals surface area contributed by atoms with E-state index in [9.17, 15) is 5.11 Å². The Morgan fingerprint density at radius 3 is 2.84 bits per heavy atom. The minimum Gasteiger partial charge on any atom is -0.389 e. The number of nitrogens with zero attached hydrogens (tertiary/aromatic N) is 1. The van der Waals surface area contributed by atoms with E-state index in [0.717, 1.165) is 43.6 Å². The summed E-state index contributed by atoms with van der Waals surface area (Å²) in [7, 11) is 0. The Balaban J connectivity index is 1.31. The lowest BCUT2D eigenvalue weighted by atomic mass is 9.56. The smallest absolute Gasteiger partial charge is 0.0966 e. The highest BCUT2D eigenvalue weighted by Crippen LogP contribution is 2.64. The summed E-state index contributed by atoms with van der Waals surface area (Å²) in [4.78, 5) is 5.01. The molecule has 1 saturated heterocycles. The van der Waals surface area contributed by atoms with E-state index < -0.39 is 0 Å². The molecule has 3 nitrogen and oxygen atoms in total. The first-order valence-corrected chi connectivity index (χ1v) is 13.1. The van der Waals surface area contributed by atoms with E-state index in [-0.39, 0.29) is 17.8 Å². The third kappa shape index (κ3) is 2.94. The molecule has 2 saturated carbocycles. The first kappa shape index (κ1) is 20.7. The monoisotopic (exact) mass is 423 g/mol.